The Hall–Kier alpha value is -2.48. The molecule has 2 heteroatoms. The molecule has 0 atom stereocenters. The fourth-order valence-corrected chi connectivity index (χ4v) is 1.32. The first-order valence-electron chi connectivity index (χ1n) is 6.39. The van der Waals surface area contributed by atoms with E-state index >= 15 is 0 Å². The highest BCUT2D eigenvalue weighted by Crippen LogP contribution is 2.06. The smallest absolute Gasteiger partial charge is 0.195 e. The summed E-state index contributed by atoms with van der Waals surface area (Å²) < 4.78 is 0. The maximum Gasteiger partial charge on any atom is 0.195 e. The van der Waals surface area contributed by atoms with Crippen molar-refractivity contribution in [2.24, 2.45) is 0 Å². The number of Topliss-reactive ketones (excluding diaryl/α,β-unsaturated/α-hetero) is 2. The van der Waals surface area contributed by atoms with Gasteiger partial charge >= 0.3 is 0 Å². The number of carbonyl (C=O) groups excluding carboxylic acids is 2. The Labute approximate surface area is 119 Å². The highest BCUT2D eigenvalue weighted by Gasteiger charge is 1.94. The minimum Gasteiger partial charge on any atom is -0.291 e. The van der Waals surface area contributed by atoms with E-state index in [0.29, 0.717) is 0 Å². The second kappa shape index (κ2) is 8.59. The van der Waals surface area contributed by atoms with Gasteiger partial charge in [-0.2, -0.15) is 0 Å². The Morgan fingerprint density at radius 3 is 1.20 bits per heavy atom. The van der Waals surface area contributed by atoms with Crippen molar-refractivity contribution in [3.63, 3.8) is 0 Å². The molecule has 0 radical (unpaired) electrons. The van der Waals surface area contributed by atoms with Crippen molar-refractivity contribution in [3.8, 4) is 0 Å². The average molecular weight is 266 g/mol. The van der Waals surface area contributed by atoms with E-state index in [-0.39, 0.29) is 11.6 Å². The standard InChI is InChI=1S/C14H12.C4H6O2/c1-3-7-13(8-4-1)11-12-14-9-5-2-6-10-14;1-3(5)4(2)6/h1-12H;1-2H3. The monoisotopic (exact) mass is 266 g/mol. The third-order valence-electron chi connectivity index (χ3n) is 2.56. The van der Waals surface area contributed by atoms with Crippen LogP contribution in [0.2, 0.25) is 0 Å². The molecular weight excluding hydrogens is 248 g/mol. The topological polar surface area (TPSA) is 34.1 Å². The largest absolute Gasteiger partial charge is 0.291 e. The summed E-state index contributed by atoms with van der Waals surface area (Å²) in [7, 11) is 0. The molecule has 0 spiro atoms. The van der Waals surface area contributed by atoms with Crippen LogP contribution in [0.3, 0.4) is 0 Å². The summed E-state index contributed by atoms with van der Waals surface area (Å²) in [5, 5.41) is 0. The van der Waals surface area contributed by atoms with Crippen LogP contribution < -0.4 is 0 Å². The fraction of sp³-hybridized carbons (Fsp3) is 0.111. The fourth-order valence-electron chi connectivity index (χ4n) is 1.32. The van der Waals surface area contributed by atoms with E-state index in [1.165, 1.54) is 25.0 Å². The van der Waals surface area contributed by atoms with E-state index in [9.17, 15) is 9.59 Å². The third kappa shape index (κ3) is 6.45. The first kappa shape index (κ1) is 15.6. The molecule has 0 unspecified atom stereocenters. The molecule has 0 bridgehead atoms. The van der Waals surface area contributed by atoms with Crippen LogP contribution in [0, 0.1) is 0 Å². The quantitative estimate of drug-likeness (QED) is 0.621. The number of ketones is 2. The summed E-state index contributed by atoms with van der Waals surface area (Å²) in [5.74, 6) is -0.759. The predicted molar refractivity (Wildman–Crippen MR) is 83.2 cm³/mol. The molecule has 0 N–H and O–H groups in total. The Morgan fingerprint density at radius 2 is 0.950 bits per heavy atom. The number of hydrogen-bond acceptors (Lipinski definition) is 2. The second-order valence-electron chi connectivity index (χ2n) is 4.27. The summed E-state index contributed by atoms with van der Waals surface area (Å²) in [5.41, 5.74) is 2.47. The van der Waals surface area contributed by atoms with E-state index in [1.54, 1.807) is 0 Å². The van der Waals surface area contributed by atoms with Crippen molar-refractivity contribution in [2.75, 3.05) is 0 Å². The zero-order valence-corrected chi connectivity index (χ0v) is 11.7. The minimum absolute atomic E-state index is 0.380. The van der Waals surface area contributed by atoms with Gasteiger partial charge in [-0.15, -0.1) is 0 Å². The molecule has 0 fully saturated rings. The Bertz CT molecular complexity index is 515. The molecule has 2 rings (SSSR count). The molecule has 0 amide bonds. The molecule has 2 aromatic carbocycles. The van der Waals surface area contributed by atoms with Gasteiger partial charge in [0.15, 0.2) is 11.6 Å². The molecule has 0 aromatic heterocycles. The lowest BCUT2D eigenvalue weighted by Gasteiger charge is -1.92. The summed E-state index contributed by atoms with van der Waals surface area (Å²) >= 11 is 0. The Balaban J connectivity index is 0.000000286. The summed E-state index contributed by atoms with van der Waals surface area (Å²) in [4.78, 5) is 19.6. The van der Waals surface area contributed by atoms with Crippen molar-refractivity contribution in [1.29, 1.82) is 0 Å². The van der Waals surface area contributed by atoms with Crippen molar-refractivity contribution in [3.05, 3.63) is 71.8 Å². The molecule has 0 aliphatic rings. The van der Waals surface area contributed by atoms with Crippen molar-refractivity contribution in [2.45, 2.75) is 13.8 Å². The van der Waals surface area contributed by atoms with Gasteiger partial charge in [0.2, 0.25) is 0 Å². The zero-order chi connectivity index (χ0) is 14.8. The van der Waals surface area contributed by atoms with Crippen molar-refractivity contribution < 1.29 is 9.59 Å². The first-order valence-corrected chi connectivity index (χ1v) is 6.39. The van der Waals surface area contributed by atoms with E-state index in [0.717, 1.165) is 0 Å². The summed E-state index contributed by atoms with van der Waals surface area (Å²) in [6.45, 7) is 2.50. The Kier molecular flexibility index (Phi) is 6.69. The van der Waals surface area contributed by atoms with Crippen LogP contribution >= 0.6 is 0 Å². The number of hydrogen-bond donors (Lipinski definition) is 0. The van der Waals surface area contributed by atoms with Gasteiger partial charge in [-0.3, -0.25) is 9.59 Å². The molecule has 0 aliphatic heterocycles. The van der Waals surface area contributed by atoms with Crippen LogP contribution in [0.1, 0.15) is 25.0 Å². The predicted octanol–water partition coefficient (Wildman–Crippen LogP) is 4.02. The van der Waals surface area contributed by atoms with Gasteiger partial charge in [0.1, 0.15) is 0 Å². The molecule has 20 heavy (non-hydrogen) atoms. The lowest BCUT2D eigenvalue weighted by molar-refractivity contribution is -0.134. The SMILES string of the molecule is C(=Cc1ccccc1)c1ccccc1.CC(=O)C(C)=O. The Morgan fingerprint density at radius 1 is 0.650 bits per heavy atom. The molecule has 2 aromatic rings. The zero-order valence-electron chi connectivity index (χ0n) is 11.7. The average Bonchev–Trinajstić information content (AvgIpc) is 2.48. The van der Waals surface area contributed by atoms with Gasteiger partial charge in [0.25, 0.3) is 0 Å². The van der Waals surface area contributed by atoms with E-state index in [1.807, 2.05) is 36.4 Å². The number of carbonyl (C=O) groups is 2. The second-order valence-corrected chi connectivity index (χ2v) is 4.27. The van der Waals surface area contributed by atoms with Gasteiger partial charge in [0.05, 0.1) is 0 Å². The number of benzene rings is 2. The molecule has 0 saturated carbocycles. The molecule has 0 saturated heterocycles. The maximum atomic E-state index is 9.79. The van der Waals surface area contributed by atoms with Crippen LogP contribution in [0.15, 0.2) is 60.7 Å². The lowest BCUT2D eigenvalue weighted by atomic mass is 10.1. The van der Waals surface area contributed by atoms with Crippen molar-refractivity contribution in [1.82, 2.24) is 0 Å². The normalized spacial score (nSPS) is 9.70. The summed E-state index contributed by atoms with van der Waals surface area (Å²) in [6.07, 6.45) is 4.24. The van der Waals surface area contributed by atoms with Gasteiger partial charge in [0, 0.05) is 13.8 Å². The van der Waals surface area contributed by atoms with Gasteiger partial charge in [-0.25, -0.2) is 0 Å². The van der Waals surface area contributed by atoms with Crippen molar-refractivity contribution >= 4 is 23.7 Å². The molecular formula is C18H18O2. The van der Waals surface area contributed by atoms with Gasteiger partial charge < -0.3 is 0 Å². The third-order valence-corrected chi connectivity index (χ3v) is 2.56. The number of rotatable bonds is 3. The maximum absolute atomic E-state index is 9.79. The van der Waals surface area contributed by atoms with E-state index in [2.05, 4.69) is 36.4 Å². The van der Waals surface area contributed by atoms with Crippen LogP contribution in [-0.2, 0) is 9.59 Å². The van der Waals surface area contributed by atoms with Crippen LogP contribution in [0.25, 0.3) is 12.2 Å². The highest BCUT2D eigenvalue weighted by molar-refractivity contribution is 6.35. The summed E-state index contributed by atoms with van der Waals surface area (Å²) in [6, 6.07) is 20.6. The minimum atomic E-state index is -0.380. The van der Waals surface area contributed by atoms with Gasteiger partial charge in [-0.05, 0) is 11.1 Å². The molecule has 0 heterocycles. The van der Waals surface area contributed by atoms with Crippen LogP contribution in [-0.4, -0.2) is 11.6 Å². The van der Waals surface area contributed by atoms with Gasteiger partial charge in [-0.1, -0.05) is 72.8 Å². The molecule has 102 valence electrons. The molecule has 0 aliphatic carbocycles. The highest BCUT2D eigenvalue weighted by atomic mass is 16.2. The van der Waals surface area contributed by atoms with E-state index in [4.69, 9.17) is 0 Å². The lowest BCUT2D eigenvalue weighted by Crippen LogP contribution is -2.01. The van der Waals surface area contributed by atoms with Crippen LogP contribution in [0.5, 0.6) is 0 Å². The molecule has 2 nitrogen and oxygen atoms in total. The first-order chi connectivity index (χ1) is 9.59. The van der Waals surface area contributed by atoms with Crippen LogP contribution in [0.4, 0.5) is 0 Å². The van der Waals surface area contributed by atoms with E-state index < -0.39 is 0 Å².